The topological polar surface area (TPSA) is 53.4 Å². The number of anilines is 1. The predicted molar refractivity (Wildman–Crippen MR) is 81.4 cm³/mol. The number of benzene rings is 1. The average molecular weight is 272 g/mol. The maximum atomic E-state index is 11.2. The molecule has 4 nitrogen and oxygen atoms in total. The molecule has 0 saturated carbocycles. The van der Waals surface area contributed by atoms with E-state index in [1.54, 1.807) is 12.1 Å². The number of carboxylic acids is 1. The smallest absolute Gasteiger partial charge is 0.336 e. The van der Waals surface area contributed by atoms with Gasteiger partial charge < -0.3 is 10.0 Å². The Balaban J connectivity index is 2.32. The van der Waals surface area contributed by atoms with Gasteiger partial charge in [0.05, 0.1) is 11.1 Å². The number of nitrogens with zero attached hydrogens (tertiary/aromatic N) is 2. The van der Waals surface area contributed by atoms with E-state index < -0.39 is 5.97 Å². The van der Waals surface area contributed by atoms with E-state index in [0.29, 0.717) is 16.9 Å². The number of carboxylic acid groups (broad SMARTS) is 1. The quantitative estimate of drug-likeness (QED) is 0.906. The van der Waals surface area contributed by atoms with Gasteiger partial charge in [-0.2, -0.15) is 0 Å². The van der Waals surface area contributed by atoms with Crippen LogP contribution in [0.4, 0.5) is 5.82 Å². The van der Waals surface area contributed by atoms with Crippen molar-refractivity contribution in [1.29, 1.82) is 0 Å². The molecule has 1 N–H and O–H groups in total. The second kappa shape index (κ2) is 5.90. The van der Waals surface area contributed by atoms with E-state index in [-0.39, 0.29) is 0 Å². The number of hydrogen-bond acceptors (Lipinski definition) is 3. The molecule has 0 bridgehead atoms. The van der Waals surface area contributed by atoms with Crippen LogP contribution in [0.15, 0.2) is 30.3 Å². The van der Waals surface area contributed by atoms with Crippen LogP contribution in [-0.2, 0) is 0 Å². The van der Waals surface area contributed by atoms with Crippen molar-refractivity contribution in [2.75, 3.05) is 18.5 Å². The lowest BCUT2D eigenvalue weighted by Crippen LogP contribution is -2.20. The van der Waals surface area contributed by atoms with Crippen LogP contribution in [0.25, 0.3) is 10.9 Å². The van der Waals surface area contributed by atoms with Gasteiger partial charge in [0.1, 0.15) is 5.82 Å². The predicted octanol–water partition coefficient (Wildman–Crippen LogP) is 3.42. The molecule has 4 heteroatoms. The molecule has 0 aliphatic rings. The van der Waals surface area contributed by atoms with Crippen molar-refractivity contribution in [3.05, 3.63) is 35.9 Å². The molecule has 0 atom stereocenters. The molecule has 0 saturated heterocycles. The van der Waals surface area contributed by atoms with Crippen LogP contribution >= 0.6 is 0 Å². The van der Waals surface area contributed by atoms with E-state index in [2.05, 4.69) is 23.7 Å². The lowest BCUT2D eigenvalue weighted by molar-refractivity contribution is 0.0699. The maximum absolute atomic E-state index is 11.2. The first kappa shape index (κ1) is 14.3. The molecule has 1 heterocycles. The zero-order valence-corrected chi connectivity index (χ0v) is 12.1. The number of pyridine rings is 1. The number of aromatic carboxylic acids is 1. The van der Waals surface area contributed by atoms with Gasteiger partial charge in [-0.25, -0.2) is 9.78 Å². The van der Waals surface area contributed by atoms with Crippen molar-refractivity contribution >= 4 is 22.7 Å². The summed E-state index contributed by atoms with van der Waals surface area (Å²) in [4.78, 5) is 17.8. The molecule has 0 amide bonds. The summed E-state index contributed by atoms with van der Waals surface area (Å²) in [7, 11) is 2.01. The third-order valence-electron chi connectivity index (χ3n) is 3.38. The zero-order chi connectivity index (χ0) is 14.7. The van der Waals surface area contributed by atoms with Gasteiger partial charge in [0.15, 0.2) is 0 Å². The molecule has 0 unspecified atom stereocenters. The van der Waals surface area contributed by atoms with Crippen molar-refractivity contribution in [1.82, 2.24) is 4.98 Å². The molecule has 0 spiro atoms. The second-order valence-corrected chi connectivity index (χ2v) is 5.45. The van der Waals surface area contributed by atoms with Gasteiger partial charge in [-0.1, -0.05) is 19.9 Å². The number of rotatable bonds is 5. The summed E-state index contributed by atoms with van der Waals surface area (Å²) in [5.74, 6) is 0.607. The Morgan fingerprint density at radius 1 is 1.30 bits per heavy atom. The van der Waals surface area contributed by atoms with Gasteiger partial charge in [0.25, 0.3) is 0 Å². The summed E-state index contributed by atoms with van der Waals surface area (Å²) >= 11 is 0. The molecule has 106 valence electrons. The first-order valence-corrected chi connectivity index (χ1v) is 6.83. The number of aromatic nitrogens is 1. The zero-order valence-electron chi connectivity index (χ0n) is 12.1. The second-order valence-electron chi connectivity index (χ2n) is 5.45. The largest absolute Gasteiger partial charge is 0.478 e. The van der Waals surface area contributed by atoms with Gasteiger partial charge in [0.2, 0.25) is 0 Å². The van der Waals surface area contributed by atoms with Gasteiger partial charge in [-0.05, 0) is 36.6 Å². The molecule has 0 aliphatic carbocycles. The van der Waals surface area contributed by atoms with Crippen LogP contribution in [0.3, 0.4) is 0 Å². The SMILES string of the molecule is CC(C)CCN(C)c1ccc2c(C(=O)O)cccc2n1. The summed E-state index contributed by atoms with van der Waals surface area (Å²) < 4.78 is 0. The molecule has 1 aromatic heterocycles. The highest BCUT2D eigenvalue weighted by Gasteiger charge is 2.10. The van der Waals surface area contributed by atoms with Gasteiger partial charge in [-0.3, -0.25) is 0 Å². The third kappa shape index (κ3) is 3.07. The van der Waals surface area contributed by atoms with Crippen molar-refractivity contribution in [3.63, 3.8) is 0 Å². The van der Waals surface area contributed by atoms with Crippen molar-refractivity contribution in [3.8, 4) is 0 Å². The average Bonchev–Trinajstić information content (AvgIpc) is 2.43. The Morgan fingerprint density at radius 2 is 2.05 bits per heavy atom. The lowest BCUT2D eigenvalue weighted by atomic mass is 10.1. The summed E-state index contributed by atoms with van der Waals surface area (Å²) in [5.41, 5.74) is 1.02. The van der Waals surface area contributed by atoms with E-state index in [0.717, 1.165) is 24.3 Å². The molecule has 2 aromatic rings. The van der Waals surface area contributed by atoms with Crippen LogP contribution in [0.2, 0.25) is 0 Å². The summed E-state index contributed by atoms with van der Waals surface area (Å²) in [6.07, 6.45) is 1.10. The summed E-state index contributed by atoms with van der Waals surface area (Å²) in [5, 5.41) is 9.85. The Labute approximate surface area is 119 Å². The van der Waals surface area contributed by atoms with E-state index in [1.165, 1.54) is 0 Å². The minimum Gasteiger partial charge on any atom is -0.478 e. The Hall–Kier alpha value is -2.10. The van der Waals surface area contributed by atoms with Crippen molar-refractivity contribution < 1.29 is 9.90 Å². The standard InChI is InChI=1S/C16H20N2O2/c1-11(2)9-10-18(3)15-8-7-12-13(16(19)20)5-4-6-14(12)17-15/h4-8,11H,9-10H2,1-3H3,(H,19,20). The molecule has 0 fully saturated rings. The molecule has 20 heavy (non-hydrogen) atoms. The first-order chi connectivity index (χ1) is 9.49. The first-order valence-electron chi connectivity index (χ1n) is 6.83. The fourth-order valence-electron chi connectivity index (χ4n) is 2.11. The molecule has 0 radical (unpaired) electrons. The van der Waals surface area contributed by atoms with Crippen LogP contribution in [0.1, 0.15) is 30.6 Å². The van der Waals surface area contributed by atoms with Gasteiger partial charge in [0, 0.05) is 19.0 Å². The van der Waals surface area contributed by atoms with E-state index in [1.807, 2.05) is 25.2 Å². The van der Waals surface area contributed by atoms with Crippen LogP contribution in [-0.4, -0.2) is 29.7 Å². The Bertz CT molecular complexity index is 623. The molecule has 1 aromatic carbocycles. The Kier molecular flexibility index (Phi) is 4.23. The van der Waals surface area contributed by atoms with E-state index >= 15 is 0 Å². The maximum Gasteiger partial charge on any atom is 0.336 e. The van der Waals surface area contributed by atoms with Gasteiger partial charge >= 0.3 is 5.97 Å². The summed E-state index contributed by atoms with van der Waals surface area (Å²) in [6.45, 7) is 5.33. The van der Waals surface area contributed by atoms with E-state index in [4.69, 9.17) is 5.11 Å². The highest BCUT2D eigenvalue weighted by molar-refractivity contribution is 6.02. The third-order valence-corrected chi connectivity index (χ3v) is 3.38. The van der Waals surface area contributed by atoms with Crippen LogP contribution < -0.4 is 4.90 Å². The fourth-order valence-corrected chi connectivity index (χ4v) is 2.11. The van der Waals surface area contributed by atoms with Crippen LogP contribution in [0, 0.1) is 5.92 Å². The highest BCUT2D eigenvalue weighted by atomic mass is 16.4. The molecule has 2 rings (SSSR count). The fraction of sp³-hybridized carbons (Fsp3) is 0.375. The Morgan fingerprint density at radius 3 is 2.70 bits per heavy atom. The van der Waals surface area contributed by atoms with Crippen molar-refractivity contribution in [2.24, 2.45) is 5.92 Å². The number of fused-ring (bicyclic) bond motifs is 1. The lowest BCUT2D eigenvalue weighted by Gasteiger charge is -2.19. The normalized spacial score (nSPS) is 11.0. The number of hydrogen-bond donors (Lipinski definition) is 1. The van der Waals surface area contributed by atoms with Crippen LogP contribution in [0.5, 0.6) is 0 Å². The molecule has 0 aliphatic heterocycles. The minimum atomic E-state index is -0.918. The summed E-state index contributed by atoms with van der Waals surface area (Å²) in [6, 6.07) is 8.91. The molecular weight excluding hydrogens is 252 g/mol. The van der Waals surface area contributed by atoms with Gasteiger partial charge in [-0.15, -0.1) is 0 Å². The monoisotopic (exact) mass is 272 g/mol. The number of carbonyl (C=O) groups is 1. The molecular formula is C16H20N2O2. The van der Waals surface area contributed by atoms with E-state index in [9.17, 15) is 4.79 Å². The highest BCUT2D eigenvalue weighted by Crippen LogP contribution is 2.21. The minimum absolute atomic E-state index is 0.298. The van der Waals surface area contributed by atoms with Crippen molar-refractivity contribution in [2.45, 2.75) is 20.3 Å².